The number of H-pyrrole nitrogens is 1. The van der Waals surface area contributed by atoms with E-state index >= 15 is 0 Å². The molecule has 6 heteroatoms. The van der Waals surface area contributed by atoms with Gasteiger partial charge in [-0.05, 0) is 55.5 Å². The van der Waals surface area contributed by atoms with Crippen LogP contribution in [0.25, 0.3) is 22.0 Å². The van der Waals surface area contributed by atoms with Gasteiger partial charge >= 0.3 is 0 Å². The van der Waals surface area contributed by atoms with Gasteiger partial charge in [0.05, 0.1) is 18.2 Å². The van der Waals surface area contributed by atoms with Gasteiger partial charge in [-0.25, -0.2) is 9.37 Å². The van der Waals surface area contributed by atoms with Crippen molar-refractivity contribution in [3.63, 3.8) is 0 Å². The average Bonchev–Trinajstić information content (AvgIpc) is 2.69. The van der Waals surface area contributed by atoms with Crippen LogP contribution >= 0.6 is 0 Å². The smallest absolute Gasteiger partial charge is 0.256 e. The van der Waals surface area contributed by atoms with Gasteiger partial charge in [-0.1, -0.05) is 6.92 Å². The number of nitrogens with zero attached hydrogens (tertiary/aromatic N) is 2. The van der Waals surface area contributed by atoms with E-state index in [-0.39, 0.29) is 11.1 Å². The summed E-state index contributed by atoms with van der Waals surface area (Å²) in [6.07, 6.45) is 3.34. The Kier molecular flexibility index (Phi) is 4.79. The molecular formula is C22H24FN3O2. The molecule has 2 aromatic heterocycles. The highest BCUT2D eigenvalue weighted by atomic mass is 19.1. The number of aromatic nitrogens is 2. The Hall–Kier alpha value is -2.89. The number of halogens is 1. The zero-order chi connectivity index (χ0) is 19.8. The van der Waals surface area contributed by atoms with Crippen molar-refractivity contribution in [3.05, 3.63) is 52.2 Å². The summed E-state index contributed by atoms with van der Waals surface area (Å²) >= 11 is 0. The molecule has 0 spiro atoms. The topological polar surface area (TPSA) is 58.2 Å². The number of piperidine rings is 1. The van der Waals surface area contributed by atoms with Crippen molar-refractivity contribution < 1.29 is 9.13 Å². The Balaban J connectivity index is 1.92. The second-order valence-electron chi connectivity index (χ2n) is 7.63. The molecule has 0 aliphatic carbocycles. The van der Waals surface area contributed by atoms with E-state index in [0.29, 0.717) is 17.0 Å². The summed E-state index contributed by atoms with van der Waals surface area (Å²) in [4.78, 5) is 21.8. The molecule has 1 N–H and O–H groups in total. The molecule has 4 rings (SSSR count). The highest BCUT2D eigenvalue weighted by Crippen LogP contribution is 2.36. The van der Waals surface area contributed by atoms with E-state index in [4.69, 9.17) is 9.72 Å². The number of aryl methyl sites for hydroxylation is 1. The van der Waals surface area contributed by atoms with Crippen LogP contribution in [0.2, 0.25) is 0 Å². The number of rotatable bonds is 3. The number of fused-ring (bicyclic) bond motifs is 1. The summed E-state index contributed by atoms with van der Waals surface area (Å²) in [5.41, 5.74) is 3.11. The van der Waals surface area contributed by atoms with Crippen molar-refractivity contribution in [2.45, 2.75) is 26.7 Å². The lowest BCUT2D eigenvalue weighted by molar-refractivity contribution is 0.391. The van der Waals surface area contributed by atoms with Gasteiger partial charge in [-0.2, -0.15) is 0 Å². The summed E-state index contributed by atoms with van der Waals surface area (Å²) in [5, 5.41) is 0.910. The molecule has 1 aromatic carbocycles. The lowest BCUT2D eigenvalue weighted by Gasteiger charge is -2.32. The van der Waals surface area contributed by atoms with Crippen LogP contribution in [0.5, 0.6) is 5.88 Å². The van der Waals surface area contributed by atoms with Crippen LogP contribution < -0.4 is 15.2 Å². The Morgan fingerprint density at radius 3 is 2.64 bits per heavy atom. The van der Waals surface area contributed by atoms with E-state index in [1.807, 2.05) is 19.1 Å². The highest BCUT2D eigenvalue weighted by Gasteiger charge is 2.22. The quantitative estimate of drug-likeness (QED) is 0.736. The predicted octanol–water partition coefficient (Wildman–Crippen LogP) is 4.28. The molecule has 1 saturated heterocycles. The molecule has 0 amide bonds. The zero-order valence-electron chi connectivity index (χ0n) is 16.4. The molecule has 0 saturated carbocycles. The van der Waals surface area contributed by atoms with Gasteiger partial charge in [0.2, 0.25) is 5.88 Å². The fourth-order valence-electron chi connectivity index (χ4n) is 3.90. The minimum atomic E-state index is -0.490. The molecule has 0 atom stereocenters. The van der Waals surface area contributed by atoms with Gasteiger partial charge in [0.1, 0.15) is 11.5 Å². The maximum atomic E-state index is 13.8. The van der Waals surface area contributed by atoms with Crippen molar-refractivity contribution in [3.8, 4) is 17.0 Å². The molecule has 1 aliphatic rings. The Bertz CT molecular complexity index is 1090. The molecule has 0 bridgehead atoms. The van der Waals surface area contributed by atoms with Gasteiger partial charge in [0.25, 0.3) is 5.56 Å². The van der Waals surface area contributed by atoms with Crippen LogP contribution in [0.3, 0.4) is 0 Å². The number of nitrogens with one attached hydrogen (secondary N) is 1. The minimum Gasteiger partial charge on any atom is -0.480 e. The van der Waals surface area contributed by atoms with Crippen molar-refractivity contribution in [1.82, 2.24) is 9.97 Å². The summed E-state index contributed by atoms with van der Waals surface area (Å²) in [5.74, 6) is 0.763. The van der Waals surface area contributed by atoms with Crippen molar-refractivity contribution in [2.24, 2.45) is 5.92 Å². The molecule has 5 nitrogen and oxygen atoms in total. The Morgan fingerprint density at radius 2 is 1.93 bits per heavy atom. The number of anilines is 1. The number of pyridine rings is 2. The lowest BCUT2D eigenvalue weighted by atomic mass is 9.97. The molecule has 1 aliphatic heterocycles. The molecular weight excluding hydrogens is 357 g/mol. The molecule has 0 unspecified atom stereocenters. The Labute approximate surface area is 163 Å². The zero-order valence-corrected chi connectivity index (χ0v) is 16.4. The number of aromatic amines is 1. The van der Waals surface area contributed by atoms with Gasteiger partial charge in [0.15, 0.2) is 0 Å². The third-order valence-electron chi connectivity index (χ3n) is 5.48. The van der Waals surface area contributed by atoms with Crippen LogP contribution in [0.1, 0.15) is 25.3 Å². The van der Waals surface area contributed by atoms with E-state index in [2.05, 4.69) is 22.9 Å². The van der Waals surface area contributed by atoms with E-state index < -0.39 is 5.82 Å². The van der Waals surface area contributed by atoms with Gasteiger partial charge in [-0.15, -0.1) is 0 Å². The number of ether oxygens (including phenoxy) is 1. The summed E-state index contributed by atoms with van der Waals surface area (Å²) in [6.45, 7) is 6.17. The number of hydrogen-bond acceptors (Lipinski definition) is 4. The molecule has 0 radical (unpaired) electrons. The van der Waals surface area contributed by atoms with Crippen molar-refractivity contribution >= 4 is 16.6 Å². The van der Waals surface area contributed by atoms with E-state index in [0.717, 1.165) is 54.7 Å². The van der Waals surface area contributed by atoms with Gasteiger partial charge in [-0.3, -0.25) is 4.79 Å². The SMILES string of the molecule is COc1nc2c(-c3cc(F)c[nH]c3=O)cc(C)cc2cc1N1CCC(C)CC1. The van der Waals surface area contributed by atoms with Gasteiger partial charge < -0.3 is 14.6 Å². The number of hydrogen-bond donors (Lipinski definition) is 1. The molecule has 3 aromatic rings. The van der Waals surface area contributed by atoms with E-state index in [1.54, 1.807) is 7.11 Å². The first kappa shape index (κ1) is 18.5. The number of methoxy groups -OCH3 is 1. The molecule has 1 fully saturated rings. The average molecular weight is 381 g/mol. The normalized spacial score (nSPS) is 15.2. The van der Waals surface area contributed by atoms with Crippen molar-refractivity contribution in [2.75, 3.05) is 25.1 Å². The maximum Gasteiger partial charge on any atom is 0.256 e. The van der Waals surface area contributed by atoms with Crippen molar-refractivity contribution in [1.29, 1.82) is 0 Å². The third-order valence-corrected chi connectivity index (χ3v) is 5.48. The lowest BCUT2D eigenvalue weighted by Crippen LogP contribution is -2.33. The first-order valence-corrected chi connectivity index (χ1v) is 9.59. The monoisotopic (exact) mass is 381 g/mol. The second kappa shape index (κ2) is 7.26. The summed E-state index contributed by atoms with van der Waals surface area (Å²) in [6, 6.07) is 7.22. The van der Waals surface area contributed by atoms with E-state index in [9.17, 15) is 9.18 Å². The highest BCUT2D eigenvalue weighted by molar-refractivity contribution is 5.96. The predicted molar refractivity (Wildman–Crippen MR) is 110 cm³/mol. The first-order valence-electron chi connectivity index (χ1n) is 9.59. The minimum absolute atomic E-state index is 0.266. The second-order valence-corrected chi connectivity index (χ2v) is 7.63. The largest absolute Gasteiger partial charge is 0.480 e. The molecule has 3 heterocycles. The standard InChI is InChI=1S/C22H24FN3O2/c1-13-4-6-26(7-5-13)19-10-15-8-14(2)9-17(20(15)25-22(19)28-3)18-11-16(23)12-24-21(18)27/h8-13H,4-7H2,1-3H3,(H,24,27). The fraction of sp³-hybridized carbons (Fsp3) is 0.364. The van der Waals surface area contributed by atoms with Crippen LogP contribution in [0, 0.1) is 18.7 Å². The van der Waals surface area contributed by atoms with Crippen LogP contribution in [-0.4, -0.2) is 30.2 Å². The number of benzene rings is 1. The molecule has 146 valence electrons. The van der Waals surface area contributed by atoms with E-state index in [1.165, 1.54) is 6.07 Å². The first-order chi connectivity index (χ1) is 13.5. The van der Waals surface area contributed by atoms with Crippen LogP contribution in [0.15, 0.2) is 35.3 Å². The van der Waals surface area contributed by atoms with Gasteiger partial charge in [0, 0.05) is 30.2 Å². The third kappa shape index (κ3) is 3.35. The Morgan fingerprint density at radius 1 is 1.18 bits per heavy atom. The van der Waals surface area contributed by atoms with Crippen LogP contribution in [-0.2, 0) is 0 Å². The molecule has 28 heavy (non-hydrogen) atoms. The fourth-order valence-corrected chi connectivity index (χ4v) is 3.90. The summed E-state index contributed by atoms with van der Waals surface area (Å²) < 4.78 is 19.4. The van der Waals surface area contributed by atoms with Crippen LogP contribution in [0.4, 0.5) is 10.1 Å². The maximum absolute atomic E-state index is 13.8. The summed E-state index contributed by atoms with van der Waals surface area (Å²) in [7, 11) is 1.60.